The van der Waals surface area contributed by atoms with Crippen molar-refractivity contribution in [1.82, 2.24) is 5.32 Å². The largest absolute Gasteiger partial charge is 0.493 e. The Morgan fingerprint density at radius 3 is 2.19 bits per heavy atom. The lowest BCUT2D eigenvalue weighted by molar-refractivity contribution is 0.0914. The van der Waals surface area contributed by atoms with Gasteiger partial charge in [-0.25, -0.2) is 0 Å². The van der Waals surface area contributed by atoms with Crippen molar-refractivity contribution in [1.29, 1.82) is 0 Å². The molecule has 1 aromatic heterocycles. The van der Waals surface area contributed by atoms with Gasteiger partial charge in [0.2, 0.25) is 0 Å². The summed E-state index contributed by atoms with van der Waals surface area (Å²) in [6.07, 6.45) is 0. The molecule has 0 fully saturated rings. The lowest BCUT2D eigenvalue weighted by atomic mass is 9.88. The number of methoxy groups -OCH3 is 1. The van der Waals surface area contributed by atoms with E-state index < -0.39 is 0 Å². The standard InChI is InChI=1S/C27H28N2O3/c1-17(19-10-6-4-7-11-19)25(28)21-14-15-23(31-3)26-22(21)16-24(32-26)27(30)29-18(2)20-12-8-5-9-13-20/h4-18,25H,28H2,1-3H3,(H,29,30)/t17?,18-,25-/m0/s1. The summed E-state index contributed by atoms with van der Waals surface area (Å²) in [6.45, 7) is 4.05. The number of hydrogen-bond donors (Lipinski definition) is 2. The van der Waals surface area contributed by atoms with E-state index in [1.54, 1.807) is 13.2 Å². The smallest absolute Gasteiger partial charge is 0.287 e. The van der Waals surface area contributed by atoms with Gasteiger partial charge >= 0.3 is 0 Å². The highest BCUT2D eigenvalue weighted by Gasteiger charge is 2.24. The molecule has 1 amide bonds. The van der Waals surface area contributed by atoms with Crippen molar-refractivity contribution < 1.29 is 13.9 Å². The molecule has 0 radical (unpaired) electrons. The zero-order chi connectivity index (χ0) is 22.7. The molecule has 32 heavy (non-hydrogen) atoms. The summed E-state index contributed by atoms with van der Waals surface area (Å²) in [4.78, 5) is 13.0. The van der Waals surface area contributed by atoms with E-state index in [-0.39, 0.29) is 29.7 Å². The molecule has 3 N–H and O–H groups in total. The fourth-order valence-electron chi connectivity index (χ4n) is 4.01. The average molecular weight is 429 g/mol. The topological polar surface area (TPSA) is 77.5 Å². The van der Waals surface area contributed by atoms with E-state index in [1.165, 1.54) is 0 Å². The predicted octanol–water partition coefficient (Wildman–Crippen LogP) is 5.74. The zero-order valence-corrected chi connectivity index (χ0v) is 18.5. The van der Waals surface area contributed by atoms with Crippen molar-refractivity contribution in [2.24, 2.45) is 5.73 Å². The van der Waals surface area contributed by atoms with Gasteiger partial charge in [0.15, 0.2) is 17.1 Å². The number of nitrogens with two attached hydrogens (primary N) is 1. The van der Waals surface area contributed by atoms with Gasteiger partial charge in [0.25, 0.3) is 5.91 Å². The molecule has 1 unspecified atom stereocenters. The molecule has 3 atom stereocenters. The van der Waals surface area contributed by atoms with Crippen LogP contribution in [0.25, 0.3) is 11.0 Å². The minimum absolute atomic E-state index is 0.0816. The number of benzene rings is 3. The highest BCUT2D eigenvalue weighted by molar-refractivity contribution is 5.98. The van der Waals surface area contributed by atoms with Crippen LogP contribution in [0.1, 0.15) is 59.1 Å². The van der Waals surface area contributed by atoms with Crippen LogP contribution in [0.4, 0.5) is 0 Å². The van der Waals surface area contributed by atoms with Crippen molar-refractivity contribution in [3.63, 3.8) is 0 Å². The Morgan fingerprint density at radius 1 is 0.938 bits per heavy atom. The average Bonchev–Trinajstić information content (AvgIpc) is 3.29. The zero-order valence-electron chi connectivity index (χ0n) is 18.5. The van der Waals surface area contributed by atoms with Crippen molar-refractivity contribution >= 4 is 16.9 Å². The third-order valence-electron chi connectivity index (χ3n) is 6.00. The van der Waals surface area contributed by atoms with Crippen molar-refractivity contribution in [3.05, 3.63) is 101 Å². The Bertz CT molecular complexity index is 1200. The normalized spacial score (nSPS) is 14.0. The maximum absolute atomic E-state index is 13.0. The fraction of sp³-hybridized carbons (Fsp3) is 0.222. The molecule has 4 rings (SSSR count). The Labute approximate surface area is 188 Å². The molecule has 4 aromatic rings. The summed E-state index contributed by atoms with van der Waals surface area (Å²) in [5, 5.41) is 3.79. The summed E-state index contributed by atoms with van der Waals surface area (Å²) in [6, 6.07) is 25.1. The molecular weight excluding hydrogens is 400 g/mol. The van der Waals surface area contributed by atoms with E-state index in [4.69, 9.17) is 14.9 Å². The summed E-state index contributed by atoms with van der Waals surface area (Å²) in [5.41, 5.74) is 10.3. The minimum Gasteiger partial charge on any atom is -0.493 e. The molecule has 1 heterocycles. The molecule has 0 saturated carbocycles. The molecule has 0 bridgehead atoms. The van der Waals surface area contributed by atoms with E-state index in [0.717, 1.165) is 22.1 Å². The van der Waals surface area contributed by atoms with E-state index >= 15 is 0 Å². The summed E-state index contributed by atoms with van der Waals surface area (Å²) in [5.74, 6) is 0.597. The molecule has 164 valence electrons. The number of amides is 1. The minimum atomic E-state index is -0.282. The highest BCUT2D eigenvalue weighted by Crippen LogP contribution is 2.38. The number of furan rings is 1. The van der Waals surface area contributed by atoms with Gasteiger partial charge in [-0.2, -0.15) is 0 Å². The second-order valence-corrected chi connectivity index (χ2v) is 8.04. The number of hydrogen-bond acceptors (Lipinski definition) is 4. The lowest BCUT2D eigenvalue weighted by Crippen LogP contribution is -2.26. The second kappa shape index (κ2) is 9.28. The molecular formula is C27H28N2O3. The van der Waals surface area contributed by atoms with Gasteiger partial charge in [-0.1, -0.05) is 73.7 Å². The predicted molar refractivity (Wildman–Crippen MR) is 127 cm³/mol. The summed E-state index contributed by atoms with van der Waals surface area (Å²) >= 11 is 0. The molecule has 5 heteroatoms. The van der Waals surface area contributed by atoms with Crippen LogP contribution in [-0.2, 0) is 0 Å². The Hall–Kier alpha value is -3.57. The van der Waals surface area contributed by atoms with E-state index in [0.29, 0.717) is 11.3 Å². The first kappa shape index (κ1) is 21.7. The molecule has 0 aliphatic heterocycles. The fourth-order valence-corrected chi connectivity index (χ4v) is 4.01. The van der Waals surface area contributed by atoms with Crippen LogP contribution >= 0.6 is 0 Å². The highest BCUT2D eigenvalue weighted by atomic mass is 16.5. The lowest BCUT2D eigenvalue weighted by Gasteiger charge is -2.21. The number of carbonyl (C=O) groups is 1. The van der Waals surface area contributed by atoms with Crippen LogP contribution in [0.15, 0.2) is 83.3 Å². The summed E-state index contributed by atoms with van der Waals surface area (Å²) in [7, 11) is 1.58. The maximum Gasteiger partial charge on any atom is 0.287 e. The number of rotatable bonds is 7. The van der Waals surface area contributed by atoms with Gasteiger partial charge in [0.05, 0.1) is 13.2 Å². The van der Waals surface area contributed by atoms with Crippen LogP contribution < -0.4 is 15.8 Å². The number of fused-ring (bicyclic) bond motifs is 1. The van der Waals surface area contributed by atoms with Gasteiger partial charge in [-0.15, -0.1) is 0 Å². The molecule has 3 aromatic carbocycles. The molecule has 0 saturated heterocycles. The van der Waals surface area contributed by atoms with Gasteiger partial charge in [-0.05, 0) is 35.7 Å². The second-order valence-electron chi connectivity index (χ2n) is 8.04. The SMILES string of the molecule is COc1ccc([C@@H](N)C(C)c2ccccc2)c2cc(C(=O)N[C@@H](C)c3ccccc3)oc12. The molecule has 0 spiro atoms. The summed E-state index contributed by atoms with van der Waals surface area (Å²) < 4.78 is 11.5. The Kier molecular flexibility index (Phi) is 6.28. The number of carbonyl (C=O) groups excluding carboxylic acids is 1. The van der Waals surface area contributed by atoms with Crippen molar-refractivity contribution in [3.8, 4) is 5.75 Å². The van der Waals surface area contributed by atoms with Gasteiger partial charge in [0, 0.05) is 17.3 Å². The van der Waals surface area contributed by atoms with Crippen LogP contribution in [0.5, 0.6) is 5.75 Å². The van der Waals surface area contributed by atoms with E-state index in [9.17, 15) is 4.79 Å². The van der Waals surface area contributed by atoms with Crippen LogP contribution in [-0.4, -0.2) is 13.0 Å². The third kappa shape index (κ3) is 4.25. The van der Waals surface area contributed by atoms with Crippen LogP contribution in [0.3, 0.4) is 0 Å². The van der Waals surface area contributed by atoms with E-state index in [2.05, 4.69) is 24.4 Å². The molecule has 0 aliphatic carbocycles. The molecule has 5 nitrogen and oxygen atoms in total. The van der Waals surface area contributed by atoms with Gasteiger partial charge in [-0.3, -0.25) is 4.79 Å². The quantitative estimate of drug-likeness (QED) is 0.394. The Balaban J connectivity index is 1.67. The number of ether oxygens (including phenoxy) is 1. The van der Waals surface area contributed by atoms with Crippen LogP contribution in [0, 0.1) is 0 Å². The Morgan fingerprint density at radius 2 is 1.56 bits per heavy atom. The first-order valence-electron chi connectivity index (χ1n) is 10.8. The van der Waals surface area contributed by atoms with Crippen LogP contribution in [0.2, 0.25) is 0 Å². The molecule has 0 aliphatic rings. The third-order valence-corrected chi connectivity index (χ3v) is 6.00. The number of nitrogens with one attached hydrogen (secondary N) is 1. The first-order valence-corrected chi connectivity index (χ1v) is 10.8. The van der Waals surface area contributed by atoms with E-state index in [1.807, 2.05) is 67.6 Å². The first-order chi connectivity index (χ1) is 15.5. The maximum atomic E-state index is 13.0. The van der Waals surface area contributed by atoms with Crippen molar-refractivity contribution in [2.75, 3.05) is 7.11 Å². The van der Waals surface area contributed by atoms with Gasteiger partial charge < -0.3 is 20.2 Å². The van der Waals surface area contributed by atoms with Crippen molar-refractivity contribution in [2.45, 2.75) is 31.8 Å². The monoisotopic (exact) mass is 428 g/mol. The van der Waals surface area contributed by atoms with Gasteiger partial charge in [0.1, 0.15) is 0 Å².